The Labute approximate surface area is 120 Å². The molecule has 2 aromatic rings. The van der Waals surface area contributed by atoms with Crippen molar-refractivity contribution in [2.75, 3.05) is 5.32 Å². The van der Waals surface area contributed by atoms with E-state index in [4.69, 9.17) is 0 Å². The second-order valence-corrected chi connectivity index (χ2v) is 5.03. The molecule has 0 fully saturated rings. The van der Waals surface area contributed by atoms with Crippen LogP contribution < -0.4 is 5.32 Å². The van der Waals surface area contributed by atoms with Crippen LogP contribution >= 0.6 is 0 Å². The number of rotatable bonds is 6. The van der Waals surface area contributed by atoms with Gasteiger partial charge >= 0.3 is 0 Å². The van der Waals surface area contributed by atoms with Gasteiger partial charge in [-0.2, -0.15) is 0 Å². The van der Waals surface area contributed by atoms with Crippen molar-refractivity contribution < 1.29 is 4.39 Å². The minimum Gasteiger partial charge on any atom is -0.378 e. The number of halogens is 1. The Morgan fingerprint density at radius 1 is 1.00 bits per heavy atom. The van der Waals surface area contributed by atoms with E-state index >= 15 is 0 Å². The van der Waals surface area contributed by atoms with Crippen molar-refractivity contribution >= 4 is 5.69 Å². The Hall–Kier alpha value is -1.83. The Bertz CT molecular complexity index is 551. The highest BCUT2D eigenvalue weighted by Crippen LogP contribution is 2.27. The molecule has 0 radical (unpaired) electrons. The van der Waals surface area contributed by atoms with E-state index in [1.165, 1.54) is 11.6 Å². The summed E-state index contributed by atoms with van der Waals surface area (Å²) < 4.78 is 13.9. The molecule has 1 nitrogen and oxygen atoms in total. The minimum atomic E-state index is -0.139. The summed E-state index contributed by atoms with van der Waals surface area (Å²) in [4.78, 5) is 0. The molecule has 0 bridgehead atoms. The lowest BCUT2D eigenvalue weighted by molar-refractivity contribution is 0.587. The van der Waals surface area contributed by atoms with Gasteiger partial charge in [-0.15, -0.1) is 0 Å². The molecule has 0 aromatic heterocycles. The van der Waals surface area contributed by atoms with Crippen LogP contribution in [0.1, 0.15) is 43.9 Å². The molecule has 2 aromatic carbocycles. The van der Waals surface area contributed by atoms with Gasteiger partial charge in [-0.1, -0.05) is 56.7 Å². The van der Waals surface area contributed by atoms with Gasteiger partial charge in [-0.3, -0.25) is 0 Å². The molecule has 0 aliphatic carbocycles. The van der Waals surface area contributed by atoms with E-state index in [2.05, 4.69) is 37.4 Å². The molecule has 0 aliphatic heterocycles. The van der Waals surface area contributed by atoms with Crippen LogP contribution in [0.3, 0.4) is 0 Å². The maximum Gasteiger partial charge on any atom is 0.128 e. The fourth-order valence-electron chi connectivity index (χ4n) is 2.49. The lowest BCUT2D eigenvalue weighted by Crippen LogP contribution is -2.12. The Balaban J connectivity index is 2.25. The van der Waals surface area contributed by atoms with Crippen LogP contribution in [-0.4, -0.2) is 0 Å². The zero-order chi connectivity index (χ0) is 14.4. The van der Waals surface area contributed by atoms with Crippen molar-refractivity contribution in [3.05, 3.63) is 65.5 Å². The first-order valence-electron chi connectivity index (χ1n) is 7.35. The second kappa shape index (κ2) is 7.09. The Kier molecular flexibility index (Phi) is 5.16. The van der Waals surface area contributed by atoms with E-state index in [1.54, 1.807) is 6.07 Å². The lowest BCUT2D eigenvalue weighted by Gasteiger charge is -2.21. The van der Waals surface area contributed by atoms with Gasteiger partial charge in [0.2, 0.25) is 0 Å². The summed E-state index contributed by atoms with van der Waals surface area (Å²) in [5.41, 5.74) is 3.15. The SMILES string of the molecule is CCCc1ccccc1NC(CC)c1ccccc1F. The molecule has 1 unspecified atom stereocenters. The fourth-order valence-corrected chi connectivity index (χ4v) is 2.49. The molecule has 106 valence electrons. The minimum absolute atomic E-state index is 0.00852. The molecule has 2 heteroatoms. The normalized spacial score (nSPS) is 12.2. The number of benzene rings is 2. The standard InChI is InChI=1S/C18H22FN/c1-3-9-14-10-5-8-13-18(14)20-17(4-2)15-11-6-7-12-16(15)19/h5-8,10-13,17,20H,3-4,9H2,1-2H3. The summed E-state index contributed by atoms with van der Waals surface area (Å²) in [5, 5.41) is 3.50. The zero-order valence-corrected chi connectivity index (χ0v) is 12.2. The maximum absolute atomic E-state index is 13.9. The molecular weight excluding hydrogens is 249 g/mol. The van der Waals surface area contributed by atoms with Gasteiger partial charge in [-0.05, 0) is 30.5 Å². The molecule has 0 aliphatic rings. The highest BCUT2D eigenvalue weighted by molar-refractivity contribution is 5.52. The predicted molar refractivity (Wildman–Crippen MR) is 83.5 cm³/mol. The Morgan fingerprint density at radius 2 is 1.70 bits per heavy atom. The number of aryl methyl sites for hydroxylation is 1. The predicted octanol–water partition coefficient (Wildman–Crippen LogP) is 5.34. The quantitative estimate of drug-likeness (QED) is 0.747. The van der Waals surface area contributed by atoms with Gasteiger partial charge in [0, 0.05) is 11.3 Å². The zero-order valence-electron chi connectivity index (χ0n) is 12.2. The average Bonchev–Trinajstić information content (AvgIpc) is 2.47. The largest absolute Gasteiger partial charge is 0.378 e. The van der Waals surface area contributed by atoms with Gasteiger partial charge in [0.15, 0.2) is 0 Å². The summed E-state index contributed by atoms with van der Waals surface area (Å²) in [6.07, 6.45) is 2.99. The van der Waals surface area contributed by atoms with Crippen molar-refractivity contribution in [3.63, 3.8) is 0 Å². The molecule has 0 amide bonds. The number of hydrogen-bond donors (Lipinski definition) is 1. The van der Waals surface area contributed by atoms with E-state index in [9.17, 15) is 4.39 Å². The smallest absolute Gasteiger partial charge is 0.128 e. The van der Waals surface area contributed by atoms with E-state index in [1.807, 2.05) is 18.2 Å². The van der Waals surface area contributed by atoms with Crippen LogP contribution in [0.4, 0.5) is 10.1 Å². The topological polar surface area (TPSA) is 12.0 Å². The number of hydrogen-bond acceptors (Lipinski definition) is 1. The van der Waals surface area contributed by atoms with Gasteiger partial charge in [-0.25, -0.2) is 4.39 Å². The highest BCUT2D eigenvalue weighted by atomic mass is 19.1. The van der Waals surface area contributed by atoms with Crippen molar-refractivity contribution in [1.82, 2.24) is 0 Å². The van der Waals surface area contributed by atoms with Crippen molar-refractivity contribution in [1.29, 1.82) is 0 Å². The maximum atomic E-state index is 13.9. The third kappa shape index (κ3) is 3.38. The molecule has 2 rings (SSSR count). The lowest BCUT2D eigenvalue weighted by atomic mass is 10.0. The van der Waals surface area contributed by atoms with Crippen LogP contribution in [0.15, 0.2) is 48.5 Å². The number of nitrogens with one attached hydrogen (secondary N) is 1. The highest BCUT2D eigenvalue weighted by Gasteiger charge is 2.14. The van der Waals surface area contributed by atoms with Crippen LogP contribution in [0.5, 0.6) is 0 Å². The first-order valence-corrected chi connectivity index (χ1v) is 7.35. The van der Waals surface area contributed by atoms with Crippen molar-refractivity contribution in [2.45, 2.75) is 39.2 Å². The first kappa shape index (κ1) is 14.6. The summed E-state index contributed by atoms with van der Waals surface area (Å²) in [6.45, 7) is 4.25. The van der Waals surface area contributed by atoms with Crippen LogP contribution in [0, 0.1) is 5.82 Å². The molecule has 0 saturated carbocycles. The summed E-state index contributed by atoms with van der Waals surface area (Å²) in [7, 11) is 0. The van der Waals surface area contributed by atoms with Gasteiger partial charge in [0.05, 0.1) is 6.04 Å². The molecule has 0 saturated heterocycles. The molecular formula is C18H22FN. The summed E-state index contributed by atoms with van der Waals surface area (Å²) in [6, 6.07) is 15.3. The van der Waals surface area contributed by atoms with Crippen LogP contribution in [-0.2, 0) is 6.42 Å². The summed E-state index contributed by atoms with van der Waals surface area (Å²) in [5.74, 6) is -0.139. The third-order valence-corrected chi connectivity index (χ3v) is 3.56. The van der Waals surface area contributed by atoms with Crippen LogP contribution in [0.2, 0.25) is 0 Å². The van der Waals surface area contributed by atoms with Gasteiger partial charge in [0.25, 0.3) is 0 Å². The van der Waals surface area contributed by atoms with Crippen LogP contribution in [0.25, 0.3) is 0 Å². The third-order valence-electron chi connectivity index (χ3n) is 3.56. The van der Waals surface area contributed by atoms with Gasteiger partial charge in [0.1, 0.15) is 5.82 Å². The van der Waals surface area contributed by atoms with E-state index in [-0.39, 0.29) is 11.9 Å². The molecule has 20 heavy (non-hydrogen) atoms. The van der Waals surface area contributed by atoms with E-state index in [0.29, 0.717) is 0 Å². The van der Waals surface area contributed by atoms with Gasteiger partial charge < -0.3 is 5.32 Å². The van der Waals surface area contributed by atoms with E-state index < -0.39 is 0 Å². The monoisotopic (exact) mass is 271 g/mol. The summed E-state index contributed by atoms with van der Waals surface area (Å²) >= 11 is 0. The molecule has 1 atom stereocenters. The number of anilines is 1. The molecule has 1 N–H and O–H groups in total. The molecule has 0 heterocycles. The Morgan fingerprint density at radius 3 is 2.40 bits per heavy atom. The molecule has 0 spiro atoms. The first-order chi connectivity index (χ1) is 9.76. The van der Waals surface area contributed by atoms with Crippen molar-refractivity contribution in [2.24, 2.45) is 0 Å². The fraction of sp³-hybridized carbons (Fsp3) is 0.333. The number of para-hydroxylation sites is 1. The van der Waals surface area contributed by atoms with Crippen molar-refractivity contribution in [3.8, 4) is 0 Å². The second-order valence-electron chi connectivity index (χ2n) is 5.03. The van der Waals surface area contributed by atoms with E-state index in [0.717, 1.165) is 30.5 Å². The average molecular weight is 271 g/mol.